The molecule has 1 N–H and O–H groups in total. The first-order valence-corrected chi connectivity index (χ1v) is 2.78. The van der Waals surface area contributed by atoms with Gasteiger partial charge in [0.25, 0.3) is 0 Å². The van der Waals surface area contributed by atoms with E-state index in [1.54, 1.807) is 0 Å². The van der Waals surface area contributed by atoms with Crippen LogP contribution in [-0.4, -0.2) is 9.97 Å². The van der Waals surface area contributed by atoms with E-state index in [9.17, 15) is 4.79 Å². The van der Waals surface area contributed by atoms with E-state index in [1.807, 2.05) is 0 Å². The maximum absolute atomic E-state index is 10.2. The number of H-pyrrole nitrogens is 1. The summed E-state index contributed by atoms with van der Waals surface area (Å²) in [6.45, 7) is 0. The fourth-order valence-electron chi connectivity index (χ4n) is 0.326. The summed E-state index contributed by atoms with van der Waals surface area (Å²) in [5.74, 6) is 0. The SMILES string of the molecule is O=[14c]1ncc(Br)c[nH]1. The fraction of sp³-hybridized carbons (Fsp3) is 0. The Bertz CT molecular complexity index is 211. The first-order valence-electron chi connectivity index (χ1n) is 1.99. The molecule has 1 rings (SSSR count). The van der Waals surface area contributed by atoms with Crippen molar-refractivity contribution in [3.63, 3.8) is 0 Å². The Hall–Kier alpha value is -0.640. The second-order valence-corrected chi connectivity index (χ2v) is 2.15. The molecule has 0 fully saturated rings. The molecule has 0 spiro atoms. The van der Waals surface area contributed by atoms with Gasteiger partial charge in [-0.05, 0) is 15.9 Å². The molecular formula is C4H3BrN2O. The molecule has 0 unspecified atom stereocenters. The average molecular weight is 177 g/mol. The second-order valence-electron chi connectivity index (χ2n) is 1.24. The summed E-state index contributed by atoms with van der Waals surface area (Å²) in [4.78, 5) is 16.0. The predicted molar refractivity (Wildman–Crippen MR) is 32.6 cm³/mol. The lowest BCUT2D eigenvalue weighted by atomic mass is 10.7. The highest BCUT2D eigenvalue weighted by Gasteiger charge is 1.82. The molecule has 0 aliphatic heterocycles. The van der Waals surface area contributed by atoms with Gasteiger partial charge in [-0.2, -0.15) is 0 Å². The normalized spacial score (nSPS) is 9.12. The fourth-order valence-corrected chi connectivity index (χ4v) is 0.542. The number of hydrogen-bond donors (Lipinski definition) is 1. The monoisotopic (exact) mass is 176 g/mol. The van der Waals surface area contributed by atoms with Gasteiger partial charge in [0.15, 0.2) is 0 Å². The number of halogens is 1. The maximum atomic E-state index is 10.2. The molecule has 0 amide bonds. The van der Waals surface area contributed by atoms with Crippen molar-refractivity contribution < 1.29 is 0 Å². The van der Waals surface area contributed by atoms with Crippen LogP contribution in [0.4, 0.5) is 0 Å². The molecule has 1 heterocycles. The van der Waals surface area contributed by atoms with E-state index >= 15 is 0 Å². The molecule has 4 heteroatoms. The van der Waals surface area contributed by atoms with Crippen molar-refractivity contribution in [3.05, 3.63) is 27.4 Å². The van der Waals surface area contributed by atoms with E-state index < -0.39 is 0 Å². The zero-order valence-electron chi connectivity index (χ0n) is 3.89. The highest BCUT2D eigenvalue weighted by Crippen LogP contribution is 1.99. The number of aromatic amines is 1. The zero-order chi connectivity index (χ0) is 5.98. The molecule has 0 bridgehead atoms. The van der Waals surface area contributed by atoms with Crippen LogP contribution in [0.3, 0.4) is 0 Å². The summed E-state index contributed by atoms with van der Waals surface area (Å²) in [5, 5.41) is 0. The Morgan fingerprint density at radius 2 is 2.62 bits per heavy atom. The minimum Gasteiger partial charge on any atom is -0.312 e. The van der Waals surface area contributed by atoms with Crippen molar-refractivity contribution in [2.45, 2.75) is 0 Å². The van der Waals surface area contributed by atoms with Crippen molar-refractivity contribution >= 4 is 15.9 Å². The molecule has 0 atom stereocenters. The highest BCUT2D eigenvalue weighted by atomic mass is 79.9. The van der Waals surface area contributed by atoms with E-state index in [4.69, 9.17) is 0 Å². The minimum atomic E-state index is -0.326. The van der Waals surface area contributed by atoms with Gasteiger partial charge in [-0.3, -0.25) is 0 Å². The summed E-state index contributed by atoms with van der Waals surface area (Å²) in [5.41, 5.74) is -0.326. The van der Waals surface area contributed by atoms with Crippen LogP contribution >= 0.6 is 15.9 Å². The van der Waals surface area contributed by atoms with Gasteiger partial charge in [0.1, 0.15) is 0 Å². The Morgan fingerprint density at radius 1 is 1.88 bits per heavy atom. The van der Waals surface area contributed by atoms with Gasteiger partial charge < -0.3 is 4.98 Å². The van der Waals surface area contributed by atoms with E-state index in [0.717, 1.165) is 4.47 Å². The molecule has 8 heavy (non-hydrogen) atoms. The molecule has 0 aromatic carbocycles. The molecule has 0 aliphatic carbocycles. The molecule has 42 valence electrons. The second kappa shape index (κ2) is 2.09. The summed E-state index contributed by atoms with van der Waals surface area (Å²) >= 11 is 3.11. The molecule has 0 radical (unpaired) electrons. The number of aromatic nitrogens is 2. The van der Waals surface area contributed by atoms with E-state index in [1.165, 1.54) is 12.4 Å². The van der Waals surface area contributed by atoms with Gasteiger partial charge in [-0.1, -0.05) is 0 Å². The molecule has 0 saturated carbocycles. The lowest BCUT2D eigenvalue weighted by Crippen LogP contribution is -2.06. The maximum Gasteiger partial charge on any atom is 0.344 e. The summed E-state index contributed by atoms with van der Waals surface area (Å²) in [6.07, 6.45) is 2.98. The van der Waals surface area contributed by atoms with Gasteiger partial charge in [-0.25, -0.2) is 9.78 Å². The number of nitrogens with zero attached hydrogens (tertiary/aromatic N) is 1. The summed E-state index contributed by atoms with van der Waals surface area (Å²) < 4.78 is 0.775. The molecular weight excluding hydrogens is 174 g/mol. The molecule has 1 aromatic heterocycles. The van der Waals surface area contributed by atoms with Crippen molar-refractivity contribution in [1.29, 1.82) is 0 Å². The van der Waals surface area contributed by atoms with Crippen LogP contribution in [0.15, 0.2) is 21.7 Å². The van der Waals surface area contributed by atoms with Crippen LogP contribution in [0, 0.1) is 0 Å². The molecule has 0 aliphatic rings. The minimum absolute atomic E-state index is 0.326. The number of rotatable bonds is 0. The first kappa shape index (κ1) is 5.50. The third-order valence-corrected chi connectivity index (χ3v) is 1.07. The third kappa shape index (κ3) is 1.16. The lowest BCUT2D eigenvalue weighted by Gasteiger charge is -1.81. The van der Waals surface area contributed by atoms with Gasteiger partial charge in [-0.15, -0.1) is 0 Å². The van der Waals surface area contributed by atoms with Crippen LogP contribution in [0.5, 0.6) is 0 Å². The topological polar surface area (TPSA) is 45.8 Å². The highest BCUT2D eigenvalue weighted by molar-refractivity contribution is 9.10. The largest absolute Gasteiger partial charge is 0.344 e. The van der Waals surface area contributed by atoms with Gasteiger partial charge >= 0.3 is 5.69 Å². The van der Waals surface area contributed by atoms with E-state index in [0.29, 0.717) is 0 Å². The van der Waals surface area contributed by atoms with Crippen molar-refractivity contribution in [2.24, 2.45) is 0 Å². The molecule has 1 aromatic rings. The standard InChI is InChI=1S/C4H3BrN2O/c5-3-1-6-4(8)7-2-3/h1-2H,(H,6,7,8)/i4+2. The van der Waals surface area contributed by atoms with Crippen LogP contribution in [0.25, 0.3) is 0 Å². The predicted octanol–water partition coefficient (Wildman–Crippen LogP) is 0.532. The van der Waals surface area contributed by atoms with E-state index in [-0.39, 0.29) is 5.69 Å². The first-order chi connectivity index (χ1) is 3.79. The Morgan fingerprint density at radius 3 is 3.00 bits per heavy atom. The van der Waals surface area contributed by atoms with Crippen molar-refractivity contribution in [3.8, 4) is 0 Å². The van der Waals surface area contributed by atoms with Crippen LogP contribution in [0.1, 0.15) is 0 Å². The Labute approximate surface area is 53.9 Å². The molecule has 3 nitrogen and oxygen atoms in total. The van der Waals surface area contributed by atoms with Gasteiger partial charge in [0.2, 0.25) is 0 Å². The number of hydrogen-bond acceptors (Lipinski definition) is 2. The Kier molecular flexibility index (Phi) is 1.43. The smallest absolute Gasteiger partial charge is 0.312 e. The summed E-state index contributed by atoms with van der Waals surface area (Å²) in [6, 6.07) is 0. The average Bonchev–Trinajstić information content (AvgIpc) is 1.77. The lowest BCUT2D eigenvalue weighted by molar-refractivity contribution is 1.06. The van der Waals surface area contributed by atoms with Crippen LogP contribution in [0.2, 0.25) is 0 Å². The van der Waals surface area contributed by atoms with Crippen LogP contribution in [-0.2, 0) is 0 Å². The van der Waals surface area contributed by atoms with Crippen molar-refractivity contribution in [2.75, 3.05) is 0 Å². The zero-order valence-corrected chi connectivity index (χ0v) is 5.47. The van der Waals surface area contributed by atoms with Crippen LogP contribution < -0.4 is 5.69 Å². The van der Waals surface area contributed by atoms with Crippen molar-refractivity contribution in [1.82, 2.24) is 9.97 Å². The van der Waals surface area contributed by atoms with Gasteiger partial charge in [0, 0.05) is 12.4 Å². The number of nitrogens with one attached hydrogen (secondary N) is 1. The van der Waals surface area contributed by atoms with Gasteiger partial charge in [0.05, 0.1) is 4.47 Å². The Balaban J connectivity index is 3.22. The quantitative estimate of drug-likeness (QED) is 0.628. The summed E-state index contributed by atoms with van der Waals surface area (Å²) in [7, 11) is 0. The van der Waals surface area contributed by atoms with E-state index in [2.05, 4.69) is 25.9 Å². The molecule has 0 saturated heterocycles. The third-order valence-electron chi connectivity index (χ3n) is 0.639.